The van der Waals surface area contributed by atoms with Crippen LogP contribution in [0.4, 0.5) is 11.4 Å². The normalized spacial score (nSPS) is 14.0. The minimum absolute atomic E-state index is 0.0797. The van der Waals surface area contributed by atoms with Gasteiger partial charge in [0.2, 0.25) is 0 Å². The van der Waals surface area contributed by atoms with Crippen molar-refractivity contribution in [1.82, 2.24) is 0 Å². The predicted molar refractivity (Wildman–Crippen MR) is 144 cm³/mol. The van der Waals surface area contributed by atoms with Crippen molar-refractivity contribution < 1.29 is 0 Å². The van der Waals surface area contributed by atoms with E-state index in [4.69, 9.17) is 9.98 Å². The van der Waals surface area contributed by atoms with Crippen LogP contribution in [-0.2, 0) is 21.7 Å². The molecule has 2 aromatic carbocycles. The van der Waals surface area contributed by atoms with E-state index in [1.54, 1.807) is 0 Å². The molecule has 2 aromatic rings. The average molecular weight is 433 g/mol. The van der Waals surface area contributed by atoms with Gasteiger partial charge in [-0.1, -0.05) is 95.2 Å². The van der Waals surface area contributed by atoms with Gasteiger partial charge in [-0.3, -0.25) is 9.98 Å². The Morgan fingerprint density at radius 2 is 0.625 bits per heavy atom. The second-order valence-corrected chi connectivity index (χ2v) is 13.1. The summed E-state index contributed by atoms with van der Waals surface area (Å²) in [6.45, 7) is 27.0. The smallest absolute Gasteiger partial charge is 0.0636 e. The Morgan fingerprint density at radius 1 is 0.406 bits per heavy atom. The molecule has 0 aliphatic heterocycles. The summed E-state index contributed by atoms with van der Waals surface area (Å²) in [7, 11) is 0. The SMILES string of the molecule is CC(C)(C)c1cc(N=CC=Nc2cc(C(C)(C)C)cc(C(C)(C)C)c2)cc(C(C)(C)C)c1. The van der Waals surface area contributed by atoms with Gasteiger partial charge in [0.25, 0.3) is 0 Å². The van der Waals surface area contributed by atoms with Gasteiger partial charge >= 0.3 is 0 Å². The molecule has 174 valence electrons. The molecular weight excluding hydrogens is 388 g/mol. The Labute approximate surface area is 197 Å². The number of rotatable bonds is 3. The Bertz CT molecular complexity index is 847. The van der Waals surface area contributed by atoms with Crippen molar-refractivity contribution in [2.45, 2.75) is 105 Å². The first kappa shape index (κ1) is 26.0. The van der Waals surface area contributed by atoms with Crippen LogP contribution in [0.2, 0.25) is 0 Å². The summed E-state index contributed by atoms with van der Waals surface area (Å²) >= 11 is 0. The highest BCUT2D eigenvalue weighted by atomic mass is 14.8. The summed E-state index contributed by atoms with van der Waals surface area (Å²) in [5.74, 6) is 0. The molecule has 0 aliphatic rings. The van der Waals surface area contributed by atoms with Gasteiger partial charge in [-0.15, -0.1) is 0 Å². The van der Waals surface area contributed by atoms with E-state index in [9.17, 15) is 0 Å². The van der Waals surface area contributed by atoms with Gasteiger partial charge < -0.3 is 0 Å². The lowest BCUT2D eigenvalue weighted by Gasteiger charge is -2.25. The molecule has 2 heteroatoms. The Hall–Kier alpha value is -2.22. The average Bonchev–Trinajstić information content (AvgIpc) is 2.62. The summed E-state index contributed by atoms with van der Waals surface area (Å²) in [6, 6.07) is 13.4. The van der Waals surface area contributed by atoms with Gasteiger partial charge in [0.05, 0.1) is 11.4 Å². The van der Waals surface area contributed by atoms with Gasteiger partial charge in [-0.05, 0) is 68.2 Å². The highest BCUT2D eigenvalue weighted by Crippen LogP contribution is 2.34. The van der Waals surface area contributed by atoms with Crippen LogP contribution in [0.1, 0.15) is 105 Å². The van der Waals surface area contributed by atoms with E-state index in [0.717, 1.165) is 11.4 Å². The van der Waals surface area contributed by atoms with Crippen LogP contribution in [0.25, 0.3) is 0 Å². The first-order valence-electron chi connectivity index (χ1n) is 11.8. The Morgan fingerprint density at radius 3 is 0.812 bits per heavy atom. The molecule has 0 heterocycles. The van der Waals surface area contributed by atoms with Crippen LogP contribution in [0, 0.1) is 0 Å². The van der Waals surface area contributed by atoms with Crippen LogP contribution in [-0.4, -0.2) is 12.4 Å². The maximum atomic E-state index is 4.74. The van der Waals surface area contributed by atoms with Crippen molar-refractivity contribution in [2.24, 2.45) is 9.98 Å². The minimum atomic E-state index is 0.0797. The van der Waals surface area contributed by atoms with E-state index in [1.807, 2.05) is 12.4 Å². The third kappa shape index (κ3) is 7.15. The fourth-order valence-electron chi connectivity index (χ4n) is 3.34. The number of benzene rings is 2. The molecule has 32 heavy (non-hydrogen) atoms. The zero-order valence-corrected chi connectivity index (χ0v) is 22.5. The van der Waals surface area contributed by atoms with Crippen LogP contribution in [0.15, 0.2) is 46.4 Å². The first-order chi connectivity index (χ1) is 14.4. The van der Waals surface area contributed by atoms with Crippen molar-refractivity contribution in [1.29, 1.82) is 0 Å². The molecule has 0 amide bonds. The van der Waals surface area contributed by atoms with Crippen LogP contribution in [0.5, 0.6) is 0 Å². The lowest BCUT2D eigenvalue weighted by atomic mass is 9.80. The summed E-state index contributed by atoms with van der Waals surface area (Å²) in [4.78, 5) is 9.48. The molecule has 0 fully saturated rings. The second kappa shape index (κ2) is 8.96. The maximum Gasteiger partial charge on any atom is 0.0636 e. The van der Waals surface area contributed by atoms with Crippen molar-refractivity contribution in [3.05, 3.63) is 58.7 Å². The van der Waals surface area contributed by atoms with Crippen LogP contribution >= 0.6 is 0 Å². The first-order valence-corrected chi connectivity index (χ1v) is 11.8. The lowest BCUT2D eigenvalue weighted by molar-refractivity contribution is 0.568. The van der Waals surface area contributed by atoms with E-state index < -0.39 is 0 Å². The zero-order chi connectivity index (χ0) is 24.5. The molecular formula is C30H44N2. The molecule has 0 saturated heterocycles. The molecule has 0 spiro atoms. The molecule has 0 radical (unpaired) electrons. The molecule has 0 atom stereocenters. The lowest BCUT2D eigenvalue weighted by Crippen LogP contribution is -2.16. The monoisotopic (exact) mass is 432 g/mol. The number of hydrogen-bond donors (Lipinski definition) is 0. The van der Waals surface area contributed by atoms with E-state index in [1.165, 1.54) is 22.3 Å². The minimum Gasteiger partial charge on any atom is -0.255 e. The molecule has 0 N–H and O–H groups in total. The van der Waals surface area contributed by atoms with Crippen molar-refractivity contribution >= 4 is 23.8 Å². The van der Waals surface area contributed by atoms with Gasteiger partial charge in [-0.25, -0.2) is 0 Å². The highest BCUT2D eigenvalue weighted by molar-refractivity contribution is 6.17. The molecule has 0 saturated carbocycles. The number of hydrogen-bond acceptors (Lipinski definition) is 2. The summed E-state index contributed by atoms with van der Waals surface area (Å²) in [5.41, 5.74) is 7.51. The molecule has 2 nitrogen and oxygen atoms in total. The fraction of sp³-hybridized carbons (Fsp3) is 0.533. The molecule has 0 bridgehead atoms. The van der Waals surface area contributed by atoms with Gasteiger partial charge in [0, 0.05) is 12.4 Å². The van der Waals surface area contributed by atoms with Crippen molar-refractivity contribution in [2.75, 3.05) is 0 Å². The maximum absolute atomic E-state index is 4.74. The predicted octanol–water partition coefficient (Wildman–Crippen LogP) is 8.98. The van der Waals surface area contributed by atoms with Crippen molar-refractivity contribution in [3.63, 3.8) is 0 Å². The number of nitrogens with zero attached hydrogens (tertiary/aromatic N) is 2. The summed E-state index contributed by atoms with van der Waals surface area (Å²) in [6.07, 6.45) is 3.63. The quantitative estimate of drug-likeness (QED) is 0.432. The Kier molecular flexibility index (Phi) is 7.29. The summed E-state index contributed by atoms with van der Waals surface area (Å²) in [5, 5.41) is 0. The highest BCUT2D eigenvalue weighted by Gasteiger charge is 2.21. The summed E-state index contributed by atoms with van der Waals surface area (Å²) < 4.78 is 0. The zero-order valence-electron chi connectivity index (χ0n) is 22.5. The molecule has 2 rings (SSSR count). The van der Waals surface area contributed by atoms with E-state index >= 15 is 0 Å². The van der Waals surface area contributed by atoms with Gasteiger partial charge in [-0.2, -0.15) is 0 Å². The molecule has 0 aliphatic carbocycles. The molecule has 0 unspecified atom stereocenters. The third-order valence-corrected chi connectivity index (χ3v) is 5.81. The van der Waals surface area contributed by atoms with Gasteiger partial charge in [0.1, 0.15) is 0 Å². The third-order valence-electron chi connectivity index (χ3n) is 5.81. The fourth-order valence-corrected chi connectivity index (χ4v) is 3.34. The van der Waals surface area contributed by atoms with Gasteiger partial charge in [0.15, 0.2) is 0 Å². The molecule has 0 aromatic heterocycles. The number of aliphatic imine (C=N–C) groups is 2. The largest absolute Gasteiger partial charge is 0.255 e. The standard InChI is InChI=1S/C30H44N2/c1-27(2,3)21-15-22(28(4,5)6)18-25(17-21)31-13-14-32-26-19-23(29(7,8)9)16-24(20-26)30(10,11)12/h13-20H,1-12H3. The van der Waals surface area contributed by atoms with Crippen LogP contribution in [0.3, 0.4) is 0 Å². The van der Waals surface area contributed by atoms with E-state index in [2.05, 4.69) is 119 Å². The Balaban J connectivity index is 2.40. The second-order valence-electron chi connectivity index (χ2n) is 13.1. The van der Waals surface area contributed by atoms with Crippen molar-refractivity contribution in [3.8, 4) is 0 Å². The van der Waals surface area contributed by atoms with E-state index in [-0.39, 0.29) is 21.7 Å². The topological polar surface area (TPSA) is 24.7 Å². The van der Waals surface area contributed by atoms with E-state index in [0.29, 0.717) is 0 Å². The van der Waals surface area contributed by atoms with Crippen LogP contribution < -0.4 is 0 Å².